The summed E-state index contributed by atoms with van der Waals surface area (Å²) >= 11 is 0. The lowest BCUT2D eigenvalue weighted by molar-refractivity contribution is -0.122. The average molecular weight is 331 g/mol. The molecule has 1 unspecified atom stereocenters. The molecule has 0 aromatic heterocycles. The summed E-state index contributed by atoms with van der Waals surface area (Å²) in [6, 6.07) is 12.2. The fourth-order valence-electron chi connectivity index (χ4n) is 2.07. The number of rotatable bonds is 7. The molecule has 0 radical (unpaired) electrons. The minimum absolute atomic E-state index is 0.290. The molecule has 0 fully saturated rings. The highest BCUT2D eigenvalue weighted by Crippen LogP contribution is 2.29. The molecule has 0 bridgehead atoms. The van der Waals surface area contributed by atoms with E-state index in [1.165, 1.54) is 7.11 Å². The van der Waals surface area contributed by atoms with E-state index in [0.717, 1.165) is 0 Å². The molecule has 0 aliphatic heterocycles. The third-order valence-corrected chi connectivity index (χ3v) is 3.39. The molecule has 6 heteroatoms. The largest absolute Gasteiger partial charge is 0.497 e. The lowest BCUT2D eigenvalue weighted by atomic mass is 10.2. The van der Waals surface area contributed by atoms with Gasteiger partial charge in [-0.3, -0.25) is 4.79 Å². The number of carbonyl (C=O) groups excluding carboxylic acids is 1. The van der Waals surface area contributed by atoms with E-state index in [4.69, 9.17) is 18.9 Å². The monoisotopic (exact) mass is 331 g/mol. The van der Waals surface area contributed by atoms with E-state index in [2.05, 4.69) is 5.32 Å². The van der Waals surface area contributed by atoms with Gasteiger partial charge < -0.3 is 24.3 Å². The first kappa shape index (κ1) is 17.5. The summed E-state index contributed by atoms with van der Waals surface area (Å²) < 4.78 is 21.2. The van der Waals surface area contributed by atoms with Crippen molar-refractivity contribution in [3.63, 3.8) is 0 Å². The Morgan fingerprint density at radius 2 is 1.58 bits per heavy atom. The van der Waals surface area contributed by atoms with Gasteiger partial charge in [-0.1, -0.05) is 6.07 Å². The van der Waals surface area contributed by atoms with Crippen LogP contribution in [0.2, 0.25) is 0 Å². The Balaban J connectivity index is 2.06. The first-order valence-electron chi connectivity index (χ1n) is 7.41. The maximum absolute atomic E-state index is 12.3. The second-order valence-corrected chi connectivity index (χ2v) is 4.99. The molecule has 1 atom stereocenters. The summed E-state index contributed by atoms with van der Waals surface area (Å²) in [6.07, 6.45) is -0.691. The van der Waals surface area contributed by atoms with Crippen molar-refractivity contribution >= 4 is 11.6 Å². The van der Waals surface area contributed by atoms with Gasteiger partial charge in [0.1, 0.15) is 23.0 Å². The third kappa shape index (κ3) is 4.32. The van der Waals surface area contributed by atoms with Crippen LogP contribution in [-0.4, -0.2) is 33.3 Å². The van der Waals surface area contributed by atoms with Crippen molar-refractivity contribution in [2.75, 3.05) is 26.6 Å². The molecule has 2 aromatic carbocycles. The highest BCUT2D eigenvalue weighted by molar-refractivity contribution is 5.95. The van der Waals surface area contributed by atoms with Crippen LogP contribution in [0.25, 0.3) is 0 Å². The molecule has 1 N–H and O–H groups in total. The fourth-order valence-corrected chi connectivity index (χ4v) is 2.07. The molecule has 128 valence electrons. The van der Waals surface area contributed by atoms with Crippen molar-refractivity contribution in [3.8, 4) is 23.0 Å². The molecular weight excluding hydrogens is 310 g/mol. The number of anilines is 1. The van der Waals surface area contributed by atoms with Crippen LogP contribution in [0.15, 0.2) is 42.5 Å². The summed E-state index contributed by atoms with van der Waals surface area (Å²) in [6.45, 7) is 1.67. The van der Waals surface area contributed by atoms with Crippen LogP contribution in [0, 0.1) is 0 Å². The lowest BCUT2D eigenvalue weighted by Gasteiger charge is -2.17. The second-order valence-electron chi connectivity index (χ2n) is 4.99. The van der Waals surface area contributed by atoms with Crippen molar-refractivity contribution in [2.45, 2.75) is 13.0 Å². The zero-order valence-corrected chi connectivity index (χ0v) is 14.2. The molecule has 2 rings (SSSR count). The van der Waals surface area contributed by atoms with E-state index in [9.17, 15) is 4.79 Å². The minimum Gasteiger partial charge on any atom is -0.497 e. The van der Waals surface area contributed by atoms with Crippen LogP contribution in [0.5, 0.6) is 23.0 Å². The van der Waals surface area contributed by atoms with E-state index in [0.29, 0.717) is 28.7 Å². The van der Waals surface area contributed by atoms with Gasteiger partial charge in [0.15, 0.2) is 6.10 Å². The summed E-state index contributed by atoms with van der Waals surface area (Å²) in [5.41, 5.74) is 0.546. The summed E-state index contributed by atoms with van der Waals surface area (Å²) in [5.74, 6) is 2.08. The van der Waals surface area contributed by atoms with E-state index in [-0.39, 0.29) is 5.91 Å². The van der Waals surface area contributed by atoms with Crippen LogP contribution in [0.1, 0.15) is 6.92 Å². The molecule has 0 heterocycles. The van der Waals surface area contributed by atoms with Gasteiger partial charge in [0, 0.05) is 12.1 Å². The quantitative estimate of drug-likeness (QED) is 0.844. The lowest BCUT2D eigenvalue weighted by Crippen LogP contribution is -2.30. The molecular formula is C18H21NO5. The Morgan fingerprint density at radius 3 is 2.25 bits per heavy atom. The second kappa shape index (κ2) is 8.10. The number of ether oxygens (including phenoxy) is 4. The molecule has 2 aromatic rings. The number of methoxy groups -OCH3 is 3. The number of nitrogens with one attached hydrogen (secondary N) is 1. The first-order valence-corrected chi connectivity index (χ1v) is 7.41. The topological polar surface area (TPSA) is 66.0 Å². The van der Waals surface area contributed by atoms with Crippen molar-refractivity contribution in [1.82, 2.24) is 0 Å². The van der Waals surface area contributed by atoms with Gasteiger partial charge in [0.25, 0.3) is 5.91 Å². The molecule has 0 saturated carbocycles. The third-order valence-electron chi connectivity index (χ3n) is 3.39. The van der Waals surface area contributed by atoms with Gasteiger partial charge in [-0.25, -0.2) is 0 Å². The van der Waals surface area contributed by atoms with E-state index in [1.54, 1.807) is 63.6 Å². The van der Waals surface area contributed by atoms with Crippen LogP contribution >= 0.6 is 0 Å². The zero-order valence-electron chi connectivity index (χ0n) is 14.2. The maximum atomic E-state index is 12.3. The number of benzene rings is 2. The number of amides is 1. The van der Waals surface area contributed by atoms with E-state index in [1.807, 2.05) is 0 Å². The Kier molecular flexibility index (Phi) is 5.89. The van der Waals surface area contributed by atoms with Crippen molar-refractivity contribution in [3.05, 3.63) is 42.5 Å². The molecule has 24 heavy (non-hydrogen) atoms. The molecule has 0 aliphatic carbocycles. The van der Waals surface area contributed by atoms with Crippen molar-refractivity contribution in [2.24, 2.45) is 0 Å². The molecule has 1 amide bonds. The average Bonchev–Trinajstić information content (AvgIpc) is 2.62. The molecule has 0 saturated heterocycles. The predicted molar refractivity (Wildman–Crippen MR) is 91.3 cm³/mol. The summed E-state index contributed by atoms with van der Waals surface area (Å²) in [5, 5.41) is 2.79. The smallest absolute Gasteiger partial charge is 0.265 e. The van der Waals surface area contributed by atoms with Crippen LogP contribution in [0.4, 0.5) is 5.69 Å². The number of hydrogen-bond acceptors (Lipinski definition) is 5. The first-order chi connectivity index (χ1) is 11.6. The van der Waals surface area contributed by atoms with Gasteiger partial charge in [-0.05, 0) is 31.2 Å². The van der Waals surface area contributed by atoms with Gasteiger partial charge >= 0.3 is 0 Å². The summed E-state index contributed by atoms with van der Waals surface area (Å²) in [7, 11) is 4.67. The van der Waals surface area contributed by atoms with Gasteiger partial charge in [-0.2, -0.15) is 0 Å². The number of hydrogen-bond donors (Lipinski definition) is 1. The Labute approximate surface area is 141 Å². The van der Waals surface area contributed by atoms with Crippen molar-refractivity contribution in [1.29, 1.82) is 0 Å². The number of carbonyl (C=O) groups is 1. The van der Waals surface area contributed by atoms with Crippen molar-refractivity contribution < 1.29 is 23.7 Å². The van der Waals surface area contributed by atoms with Gasteiger partial charge in [0.05, 0.1) is 27.0 Å². The maximum Gasteiger partial charge on any atom is 0.265 e. The fraction of sp³-hybridized carbons (Fsp3) is 0.278. The Morgan fingerprint density at radius 1 is 0.917 bits per heavy atom. The van der Waals surface area contributed by atoms with Gasteiger partial charge in [0.2, 0.25) is 0 Å². The standard InChI is InChI=1S/C18H21NO5/c1-12(24-15-7-5-6-13(10-15)21-2)18(20)19-16-9-8-14(22-3)11-17(16)23-4/h5-12H,1-4H3,(H,19,20). The SMILES string of the molecule is COc1cccc(OC(C)C(=O)Nc2ccc(OC)cc2OC)c1. The van der Waals surface area contributed by atoms with Gasteiger partial charge in [-0.15, -0.1) is 0 Å². The summed E-state index contributed by atoms with van der Waals surface area (Å²) in [4.78, 5) is 12.3. The zero-order chi connectivity index (χ0) is 17.5. The normalized spacial score (nSPS) is 11.3. The predicted octanol–water partition coefficient (Wildman–Crippen LogP) is 3.12. The minimum atomic E-state index is -0.691. The van der Waals surface area contributed by atoms with Crippen LogP contribution < -0.4 is 24.3 Å². The molecule has 0 aliphatic rings. The highest BCUT2D eigenvalue weighted by atomic mass is 16.5. The van der Waals surface area contributed by atoms with Crippen LogP contribution in [-0.2, 0) is 4.79 Å². The molecule has 0 spiro atoms. The van der Waals surface area contributed by atoms with E-state index >= 15 is 0 Å². The molecule has 6 nitrogen and oxygen atoms in total. The highest BCUT2D eigenvalue weighted by Gasteiger charge is 2.17. The van der Waals surface area contributed by atoms with E-state index < -0.39 is 6.10 Å². The Hall–Kier alpha value is -2.89. The van der Waals surface area contributed by atoms with Crippen LogP contribution in [0.3, 0.4) is 0 Å². The Bertz CT molecular complexity index is 702.